The smallest absolute Gasteiger partial charge is 0.259 e. The SMILES string of the molecule is Cc1noc(-c2ccccc2)c1C(=O)N(C)CC1CCC1. The minimum atomic E-state index is -0.000460. The quantitative estimate of drug-likeness (QED) is 0.863. The van der Waals surface area contributed by atoms with Crippen LogP contribution in [0, 0.1) is 12.8 Å². The number of nitrogens with zero attached hydrogens (tertiary/aromatic N) is 2. The molecule has 0 saturated heterocycles. The van der Waals surface area contributed by atoms with Gasteiger partial charge in [-0.25, -0.2) is 0 Å². The summed E-state index contributed by atoms with van der Waals surface area (Å²) in [7, 11) is 1.86. The molecule has 4 heteroatoms. The largest absolute Gasteiger partial charge is 0.355 e. The zero-order valence-electron chi connectivity index (χ0n) is 12.5. The lowest BCUT2D eigenvalue weighted by molar-refractivity contribution is 0.0745. The molecule has 2 aromatic rings. The van der Waals surface area contributed by atoms with E-state index in [1.165, 1.54) is 19.3 Å². The second kappa shape index (κ2) is 5.72. The van der Waals surface area contributed by atoms with Gasteiger partial charge in [0.2, 0.25) is 0 Å². The number of carbonyl (C=O) groups excluding carboxylic acids is 1. The first-order valence-electron chi connectivity index (χ1n) is 7.44. The maximum absolute atomic E-state index is 12.7. The van der Waals surface area contributed by atoms with Gasteiger partial charge in [-0.05, 0) is 25.7 Å². The third kappa shape index (κ3) is 2.71. The molecule has 1 aromatic heterocycles. The van der Waals surface area contributed by atoms with Crippen LogP contribution in [0.15, 0.2) is 34.9 Å². The van der Waals surface area contributed by atoms with Gasteiger partial charge < -0.3 is 9.42 Å². The van der Waals surface area contributed by atoms with Gasteiger partial charge in [-0.3, -0.25) is 4.79 Å². The van der Waals surface area contributed by atoms with Gasteiger partial charge in [-0.15, -0.1) is 0 Å². The predicted molar refractivity (Wildman–Crippen MR) is 81.0 cm³/mol. The average molecular weight is 284 g/mol. The summed E-state index contributed by atoms with van der Waals surface area (Å²) in [6.07, 6.45) is 3.74. The molecule has 1 aliphatic rings. The van der Waals surface area contributed by atoms with E-state index >= 15 is 0 Å². The number of benzene rings is 1. The third-order valence-corrected chi connectivity index (χ3v) is 4.22. The van der Waals surface area contributed by atoms with Crippen molar-refractivity contribution in [3.8, 4) is 11.3 Å². The Hall–Kier alpha value is -2.10. The van der Waals surface area contributed by atoms with Crippen LogP contribution in [0.3, 0.4) is 0 Å². The molecule has 0 unspecified atom stereocenters. The molecule has 0 N–H and O–H groups in total. The van der Waals surface area contributed by atoms with Crippen LogP contribution in [0.4, 0.5) is 0 Å². The number of aromatic nitrogens is 1. The van der Waals surface area contributed by atoms with Gasteiger partial charge in [-0.1, -0.05) is 41.9 Å². The Morgan fingerprint density at radius 1 is 1.33 bits per heavy atom. The third-order valence-electron chi connectivity index (χ3n) is 4.22. The van der Waals surface area contributed by atoms with Crippen LogP contribution in [0.5, 0.6) is 0 Å². The maximum Gasteiger partial charge on any atom is 0.259 e. The first-order valence-corrected chi connectivity index (χ1v) is 7.44. The molecule has 0 atom stereocenters. The van der Waals surface area contributed by atoms with Crippen LogP contribution < -0.4 is 0 Å². The van der Waals surface area contributed by atoms with Crippen LogP contribution in [-0.2, 0) is 0 Å². The fraction of sp³-hybridized carbons (Fsp3) is 0.412. The molecule has 1 amide bonds. The van der Waals surface area contributed by atoms with E-state index in [9.17, 15) is 4.79 Å². The van der Waals surface area contributed by atoms with Crippen molar-refractivity contribution in [3.05, 3.63) is 41.6 Å². The molecule has 0 bridgehead atoms. The molecule has 21 heavy (non-hydrogen) atoms. The molecular formula is C17H20N2O2. The first kappa shape index (κ1) is 13.9. The number of carbonyl (C=O) groups is 1. The highest BCUT2D eigenvalue weighted by Gasteiger charge is 2.27. The van der Waals surface area contributed by atoms with E-state index in [1.807, 2.05) is 44.3 Å². The van der Waals surface area contributed by atoms with Gasteiger partial charge in [0.1, 0.15) is 5.56 Å². The molecule has 0 radical (unpaired) electrons. The summed E-state index contributed by atoms with van der Waals surface area (Å²) in [6.45, 7) is 2.64. The summed E-state index contributed by atoms with van der Waals surface area (Å²) in [5.74, 6) is 1.22. The molecule has 1 aromatic carbocycles. The number of aryl methyl sites for hydroxylation is 1. The van der Waals surface area contributed by atoms with E-state index in [2.05, 4.69) is 5.16 Å². The van der Waals surface area contributed by atoms with Gasteiger partial charge in [0.25, 0.3) is 5.91 Å². The summed E-state index contributed by atoms with van der Waals surface area (Å²) in [4.78, 5) is 14.5. The van der Waals surface area contributed by atoms with Crippen molar-refractivity contribution in [2.75, 3.05) is 13.6 Å². The zero-order chi connectivity index (χ0) is 14.8. The Labute approximate surface area is 124 Å². The maximum atomic E-state index is 12.7. The molecule has 0 spiro atoms. The van der Waals surface area contributed by atoms with Gasteiger partial charge in [0.05, 0.1) is 5.69 Å². The van der Waals surface area contributed by atoms with E-state index in [4.69, 9.17) is 4.52 Å². The van der Waals surface area contributed by atoms with E-state index in [0.717, 1.165) is 12.1 Å². The fourth-order valence-corrected chi connectivity index (χ4v) is 2.74. The molecule has 1 heterocycles. The van der Waals surface area contributed by atoms with Crippen molar-refractivity contribution < 1.29 is 9.32 Å². The van der Waals surface area contributed by atoms with E-state index < -0.39 is 0 Å². The Morgan fingerprint density at radius 2 is 2.05 bits per heavy atom. The van der Waals surface area contributed by atoms with Crippen LogP contribution in [0.1, 0.15) is 35.3 Å². The second-order valence-corrected chi connectivity index (χ2v) is 5.82. The standard InChI is InChI=1S/C17H20N2O2/c1-12-15(17(20)19(2)11-13-7-6-8-13)16(21-18-12)14-9-4-3-5-10-14/h3-5,9-10,13H,6-8,11H2,1-2H3. The Kier molecular flexibility index (Phi) is 3.78. The molecule has 4 nitrogen and oxygen atoms in total. The zero-order valence-corrected chi connectivity index (χ0v) is 12.5. The van der Waals surface area contributed by atoms with E-state index in [0.29, 0.717) is 22.9 Å². The summed E-state index contributed by atoms with van der Waals surface area (Å²) >= 11 is 0. The Balaban J connectivity index is 1.87. The lowest BCUT2D eigenvalue weighted by Crippen LogP contribution is -2.34. The Morgan fingerprint density at radius 3 is 2.67 bits per heavy atom. The minimum absolute atomic E-state index is 0.000460. The van der Waals surface area contributed by atoms with E-state index in [1.54, 1.807) is 4.90 Å². The van der Waals surface area contributed by atoms with Gasteiger partial charge in [0, 0.05) is 19.2 Å². The normalized spacial score (nSPS) is 14.8. The first-order chi connectivity index (χ1) is 10.2. The number of hydrogen-bond acceptors (Lipinski definition) is 3. The molecule has 1 saturated carbocycles. The van der Waals surface area contributed by atoms with Gasteiger partial charge in [-0.2, -0.15) is 0 Å². The molecule has 1 fully saturated rings. The topological polar surface area (TPSA) is 46.3 Å². The second-order valence-electron chi connectivity index (χ2n) is 5.82. The molecule has 3 rings (SSSR count). The van der Waals surface area contributed by atoms with Crippen LogP contribution >= 0.6 is 0 Å². The number of hydrogen-bond donors (Lipinski definition) is 0. The van der Waals surface area contributed by atoms with Crippen LogP contribution in [0.25, 0.3) is 11.3 Å². The van der Waals surface area contributed by atoms with Crippen molar-refractivity contribution in [2.24, 2.45) is 5.92 Å². The molecule has 110 valence electrons. The molecule has 0 aliphatic heterocycles. The van der Waals surface area contributed by atoms with Gasteiger partial charge >= 0.3 is 0 Å². The number of amides is 1. The summed E-state index contributed by atoms with van der Waals surface area (Å²) in [5, 5.41) is 3.99. The molecular weight excluding hydrogens is 264 g/mol. The minimum Gasteiger partial charge on any atom is -0.355 e. The highest BCUT2D eigenvalue weighted by atomic mass is 16.5. The average Bonchev–Trinajstić information content (AvgIpc) is 2.84. The van der Waals surface area contributed by atoms with Crippen molar-refractivity contribution in [2.45, 2.75) is 26.2 Å². The lowest BCUT2D eigenvalue weighted by Gasteiger charge is -2.30. The monoisotopic (exact) mass is 284 g/mol. The van der Waals surface area contributed by atoms with Crippen molar-refractivity contribution >= 4 is 5.91 Å². The lowest BCUT2D eigenvalue weighted by atomic mass is 9.85. The van der Waals surface area contributed by atoms with Crippen molar-refractivity contribution in [1.82, 2.24) is 10.1 Å². The summed E-state index contributed by atoms with van der Waals surface area (Å²) in [5.41, 5.74) is 2.13. The van der Waals surface area contributed by atoms with Crippen molar-refractivity contribution in [3.63, 3.8) is 0 Å². The fourth-order valence-electron chi connectivity index (χ4n) is 2.74. The van der Waals surface area contributed by atoms with Gasteiger partial charge in [0.15, 0.2) is 5.76 Å². The van der Waals surface area contributed by atoms with Crippen molar-refractivity contribution in [1.29, 1.82) is 0 Å². The van der Waals surface area contributed by atoms with E-state index in [-0.39, 0.29) is 5.91 Å². The summed E-state index contributed by atoms with van der Waals surface area (Å²) < 4.78 is 5.40. The predicted octanol–water partition coefficient (Wildman–Crippen LogP) is 3.52. The highest BCUT2D eigenvalue weighted by molar-refractivity contribution is 6.00. The van der Waals surface area contributed by atoms with Crippen LogP contribution in [-0.4, -0.2) is 29.6 Å². The summed E-state index contributed by atoms with van der Waals surface area (Å²) in [6, 6.07) is 9.67. The highest BCUT2D eigenvalue weighted by Crippen LogP contribution is 2.30. The number of rotatable bonds is 4. The van der Waals surface area contributed by atoms with Crippen LogP contribution in [0.2, 0.25) is 0 Å². The molecule has 1 aliphatic carbocycles. The Bertz CT molecular complexity index is 629.